The van der Waals surface area contributed by atoms with E-state index in [0.717, 1.165) is 24.2 Å². The van der Waals surface area contributed by atoms with Gasteiger partial charge in [-0.15, -0.1) is 0 Å². The molecule has 0 amide bonds. The van der Waals surface area contributed by atoms with Gasteiger partial charge in [-0.2, -0.15) is 0 Å². The minimum Gasteiger partial charge on any atom is -0.397 e. The van der Waals surface area contributed by atoms with Crippen LogP contribution in [-0.4, -0.2) is 7.05 Å². The molecule has 0 bridgehead atoms. The van der Waals surface area contributed by atoms with Crippen molar-refractivity contribution in [3.8, 4) is 0 Å². The zero-order valence-corrected chi connectivity index (χ0v) is 18.5. The third-order valence-corrected chi connectivity index (χ3v) is 7.90. The summed E-state index contributed by atoms with van der Waals surface area (Å²) in [6.45, 7) is 19.2. The molecule has 0 radical (unpaired) electrons. The Bertz CT molecular complexity index is 668. The average molecular weight is 357 g/mol. The summed E-state index contributed by atoms with van der Waals surface area (Å²) in [7, 11) is 1.97. The summed E-state index contributed by atoms with van der Waals surface area (Å²) in [4.78, 5) is 0. The van der Waals surface area contributed by atoms with Gasteiger partial charge >= 0.3 is 0 Å². The molecule has 2 nitrogen and oxygen atoms in total. The van der Waals surface area contributed by atoms with Crippen LogP contribution in [0.4, 0.5) is 0 Å². The van der Waals surface area contributed by atoms with Gasteiger partial charge in [-0.3, -0.25) is 0 Å². The lowest BCUT2D eigenvalue weighted by Crippen LogP contribution is -2.40. The molecule has 0 saturated heterocycles. The van der Waals surface area contributed by atoms with E-state index in [4.69, 9.17) is 5.73 Å². The highest BCUT2D eigenvalue weighted by Gasteiger charge is 2.59. The fourth-order valence-electron chi connectivity index (χ4n) is 4.94. The normalized spacial score (nSPS) is 32.1. The quantitative estimate of drug-likeness (QED) is 0.611. The topological polar surface area (TPSA) is 38.0 Å². The molecule has 26 heavy (non-hydrogen) atoms. The lowest BCUT2D eigenvalue weighted by molar-refractivity contribution is 0.0572. The van der Waals surface area contributed by atoms with Crippen LogP contribution in [0.2, 0.25) is 0 Å². The number of nitrogens with two attached hydrogens (primary N) is 1. The fourth-order valence-corrected chi connectivity index (χ4v) is 4.94. The maximum absolute atomic E-state index is 6.42. The van der Waals surface area contributed by atoms with Crippen LogP contribution in [0.3, 0.4) is 0 Å². The Labute approximate surface area is 161 Å². The molecule has 2 heteroatoms. The maximum Gasteiger partial charge on any atom is 0.0570 e. The number of nitrogens with one attached hydrogen (secondary N) is 1. The molecule has 2 aliphatic rings. The monoisotopic (exact) mass is 356 g/mol. The number of allylic oxidation sites excluding steroid dienone is 6. The Kier molecular flexibility index (Phi) is 5.57. The summed E-state index contributed by atoms with van der Waals surface area (Å²) in [5, 5.41) is 3.32. The van der Waals surface area contributed by atoms with Crippen molar-refractivity contribution in [2.75, 3.05) is 7.05 Å². The first kappa shape index (κ1) is 20.9. The number of hydrogen-bond donors (Lipinski definition) is 2. The first-order chi connectivity index (χ1) is 11.9. The van der Waals surface area contributed by atoms with Gasteiger partial charge in [-0.05, 0) is 52.6 Å². The highest BCUT2D eigenvalue weighted by atomic mass is 14.9. The molecule has 2 rings (SSSR count). The summed E-state index contributed by atoms with van der Waals surface area (Å²) >= 11 is 0. The molecule has 0 fully saturated rings. The molecule has 0 saturated carbocycles. The van der Waals surface area contributed by atoms with Crippen LogP contribution >= 0.6 is 0 Å². The minimum absolute atomic E-state index is 0.0813. The zero-order chi connectivity index (χ0) is 19.9. The molecule has 0 heterocycles. The van der Waals surface area contributed by atoms with Crippen LogP contribution in [0.15, 0.2) is 46.8 Å². The van der Waals surface area contributed by atoms with Crippen molar-refractivity contribution in [3.63, 3.8) is 0 Å². The van der Waals surface area contributed by atoms with Crippen molar-refractivity contribution >= 4 is 0 Å². The predicted octanol–water partition coefficient (Wildman–Crippen LogP) is 5.94. The van der Waals surface area contributed by atoms with E-state index in [2.05, 4.69) is 85.0 Å². The molecule has 0 aromatic carbocycles. The van der Waals surface area contributed by atoms with Gasteiger partial charge in [-0.25, -0.2) is 0 Å². The molecular weight excluding hydrogens is 316 g/mol. The molecule has 2 atom stereocenters. The summed E-state index contributed by atoms with van der Waals surface area (Å²) in [5.41, 5.74) is 11.8. The predicted molar refractivity (Wildman–Crippen MR) is 114 cm³/mol. The van der Waals surface area contributed by atoms with E-state index < -0.39 is 0 Å². The number of likely N-dealkylation sites (N-methyl/N-ethyl adjacent to an activating group) is 1. The van der Waals surface area contributed by atoms with E-state index in [1.807, 2.05) is 7.05 Å². The van der Waals surface area contributed by atoms with Crippen LogP contribution < -0.4 is 11.1 Å². The van der Waals surface area contributed by atoms with Gasteiger partial charge in [0.2, 0.25) is 0 Å². The van der Waals surface area contributed by atoms with Crippen molar-refractivity contribution < 1.29 is 0 Å². The minimum atomic E-state index is 0.0813. The Hall–Kier alpha value is -1.44. The molecule has 146 valence electrons. The van der Waals surface area contributed by atoms with Crippen LogP contribution in [0, 0.1) is 28.1 Å². The first-order valence-corrected chi connectivity index (χ1v) is 10.2. The average Bonchev–Trinajstić information content (AvgIpc) is 2.64. The zero-order valence-electron chi connectivity index (χ0n) is 18.5. The fraction of sp³-hybridized carbons (Fsp3) is 0.667. The van der Waals surface area contributed by atoms with Gasteiger partial charge in [0.05, 0.1) is 11.4 Å². The van der Waals surface area contributed by atoms with Crippen LogP contribution in [-0.2, 0) is 0 Å². The second-order valence-electron chi connectivity index (χ2n) is 9.71. The van der Waals surface area contributed by atoms with E-state index in [0.29, 0.717) is 11.8 Å². The van der Waals surface area contributed by atoms with E-state index in [9.17, 15) is 0 Å². The smallest absolute Gasteiger partial charge is 0.0570 e. The molecule has 0 aromatic heterocycles. The number of rotatable bonds is 4. The van der Waals surface area contributed by atoms with E-state index in [-0.39, 0.29) is 16.2 Å². The standard InChI is InChI=1S/C24H40N2/c1-10-11-12-16(2)17-13-14-19(25)20(26-9)15-18-21(17)23(5,6)24(7,8)22(18,3)4/h11-12,14-17,26H,10,13,25H2,1-9H3/b12-11?,19-14+,20-15-. The Morgan fingerprint density at radius 2 is 1.81 bits per heavy atom. The van der Waals surface area contributed by atoms with E-state index in [1.54, 1.807) is 5.57 Å². The molecular formula is C24H40N2. The second-order valence-corrected chi connectivity index (χ2v) is 9.71. The van der Waals surface area contributed by atoms with Crippen molar-refractivity contribution in [1.82, 2.24) is 5.32 Å². The highest BCUT2D eigenvalue weighted by Crippen LogP contribution is 2.67. The number of hydrogen-bond acceptors (Lipinski definition) is 2. The SMILES string of the molecule is CCC=CC(C)C1C/C=C(N)\C(NC)=C\C2=C1C(C)(C)C(C)(C)C2(C)C. The van der Waals surface area contributed by atoms with E-state index >= 15 is 0 Å². The summed E-state index contributed by atoms with van der Waals surface area (Å²) < 4.78 is 0. The van der Waals surface area contributed by atoms with Crippen molar-refractivity contribution in [3.05, 3.63) is 46.8 Å². The largest absolute Gasteiger partial charge is 0.397 e. The maximum atomic E-state index is 6.42. The van der Waals surface area contributed by atoms with Crippen molar-refractivity contribution in [1.29, 1.82) is 0 Å². The molecule has 0 aliphatic heterocycles. The van der Waals surface area contributed by atoms with Gasteiger partial charge < -0.3 is 11.1 Å². The summed E-state index contributed by atoms with van der Waals surface area (Å²) in [6, 6.07) is 0. The van der Waals surface area contributed by atoms with Gasteiger partial charge in [0.15, 0.2) is 0 Å². The molecule has 2 aliphatic carbocycles. The Morgan fingerprint density at radius 1 is 1.19 bits per heavy atom. The molecule has 0 spiro atoms. The molecule has 2 unspecified atom stereocenters. The molecule has 0 aromatic rings. The van der Waals surface area contributed by atoms with Crippen LogP contribution in [0.25, 0.3) is 0 Å². The highest BCUT2D eigenvalue weighted by molar-refractivity contribution is 5.50. The third-order valence-electron chi connectivity index (χ3n) is 7.90. The third kappa shape index (κ3) is 2.96. The van der Waals surface area contributed by atoms with Gasteiger partial charge in [0, 0.05) is 7.05 Å². The van der Waals surface area contributed by atoms with Crippen LogP contribution in [0.5, 0.6) is 0 Å². The van der Waals surface area contributed by atoms with Crippen molar-refractivity contribution in [2.24, 2.45) is 33.8 Å². The van der Waals surface area contributed by atoms with Crippen molar-refractivity contribution in [2.45, 2.75) is 68.2 Å². The summed E-state index contributed by atoms with van der Waals surface area (Å²) in [5.74, 6) is 0.981. The van der Waals surface area contributed by atoms with E-state index in [1.165, 1.54) is 5.57 Å². The molecule has 3 N–H and O–H groups in total. The second kappa shape index (κ2) is 6.94. The lowest BCUT2D eigenvalue weighted by Gasteiger charge is -2.47. The Balaban J connectivity index is 2.77. The lowest BCUT2D eigenvalue weighted by atomic mass is 9.57. The summed E-state index contributed by atoms with van der Waals surface area (Å²) in [6.07, 6.45) is 11.4. The first-order valence-electron chi connectivity index (χ1n) is 10.2. The Morgan fingerprint density at radius 3 is 2.35 bits per heavy atom. The van der Waals surface area contributed by atoms with Crippen LogP contribution in [0.1, 0.15) is 68.2 Å². The van der Waals surface area contributed by atoms with Gasteiger partial charge in [0.25, 0.3) is 0 Å². The van der Waals surface area contributed by atoms with Gasteiger partial charge in [0.1, 0.15) is 0 Å². The van der Waals surface area contributed by atoms with Gasteiger partial charge in [-0.1, -0.05) is 79.2 Å².